The Balaban J connectivity index is 2.41. The van der Waals surface area contributed by atoms with Gasteiger partial charge in [0.15, 0.2) is 0 Å². The van der Waals surface area contributed by atoms with Crippen LogP contribution >= 0.6 is 0 Å². The summed E-state index contributed by atoms with van der Waals surface area (Å²) in [6.07, 6.45) is 7.77. The lowest BCUT2D eigenvalue weighted by Gasteiger charge is -2.33. The lowest BCUT2D eigenvalue weighted by molar-refractivity contribution is 0.0186. The van der Waals surface area contributed by atoms with Crippen molar-refractivity contribution < 1.29 is 13.5 Å². The van der Waals surface area contributed by atoms with Crippen molar-refractivity contribution in [3.63, 3.8) is 0 Å². The monoisotopic (exact) mass is 248 g/mol. The lowest BCUT2D eigenvalue weighted by Crippen LogP contribution is -2.32. The van der Waals surface area contributed by atoms with Crippen molar-refractivity contribution in [2.45, 2.75) is 58.0 Å². The van der Waals surface area contributed by atoms with Gasteiger partial charge in [-0.15, -0.1) is 0 Å². The summed E-state index contributed by atoms with van der Waals surface area (Å²) in [5, 5.41) is 10.2. The van der Waals surface area contributed by atoms with E-state index in [0.717, 1.165) is 19.3 Å². The Labute approximate surface area is 99.2 Å². The van der Waals surface area contributed by atoms with Crippen molar-refractivity contribution >= 4 is 9.84 Å². The second-order valence-corrected chi connectivity index (χ2v) is 7.47. The summed E-state index contributed by atoms with van der Waals surface area (Å²) in [6.45, 7) is 2.13. The predicted octanol–water partition coefficient (Wildman–Crippen LogP) is 2.14. The van der Waals surface area contributed by atoms with Crippen molar-refractivity contribution in [1.29, 1.82) is 0 Å². The molecule has 1 N–H and O–H groups in total. The van der Waals surface area contributed by atoms with Gasteiger partial charge in [-0.1, -0.05) is 19.8 Å². The van der Waals surface area contributed by atoms with Gasteiger partial charge in [0.05, 0.1) is 6.10 Å². The van der Waals surface area contributed by atoms with Crippen molar-refractivity contribution in [2.75, 3.05) is 12.0 Å². The fourth-order valence-electron chi connectivity index (χ4n) is 2.85. The van der Waals surface area contributed by atoms with E-state index < -0.39 is 9.84 Å². The maximum atomic E-state index is 11.0. The maximum absolute atomic E-state index is 11.0. The average molecular weight is 248 g/mol. The number of sulfone groups is 1. The Hall–Kier alpha value is -0.0900. The van der Waals surface area contributed by atoms with Gasteiger partial charge in [-0.25, -0.2) is 8.42 Å². The van der Waals surface area contributed by atoms with Gasteiger partial charge in [0.25, 0.3) is 0 Å². The Morgan fingerprint density at radius 1 is 1.31 bits per heavy atom. The smallest absolute Gasteiger partial charge is 0.147 e. The van der Waals surface area contributed by atoms with E-state index in [1.807, 2.05) is 0 Å². The molecule has 0 aromatic carbocycles. The van der Waals surface area contributed by atoms with Gasteiger partial charge in [-0.3, -0.25) is 0 Å². The summed E-state index contributed by atoms with van der Waals surface area (Å²) in [5.74, 6) is 0.198. The highest BCUT2D eigenvalue weighted by molar-refractivity contribution is 7.90. The van der Waals surface area contributed by atoms with Gasteiger partial charge in [-0.05, 0) is 37.5 Å². The third kappa shape index (κ3) is 3.74. The van der Waals surface area contributed by atoms with Crippen molar-refractivity contribution in [3.8, 4) is 0 Å². The third-order valence-electron chi connectivity index (χ3n) is 4.00. The van der Waals surface area contributed by atoms with E-state index in [1.54, 1.807) is 0 Å². The second kappa shape index (κ2) is 5.50. The van der Waals surface area contributed by atoms with Gasteiger partial charge < -0.3 is 5.11 Å². The molecule has 1 rings (SSSR count). The van der Waals surface area contributed by atoms with Gasteiger partial charge in [-0.2, -0.15) is 0 Å². The number of aliphatic hydroxyl groups excluding tert-OH is 1. The van der Waals surface area contributed by atoms with Crippen LogP contribution in [-0.2, 0) is 9.84 Å². The van der Waals surface area contributed by atoms with Crippen LogP contribution in [-0.4, -0.2) is 31.6 Å². The zero-order valence-corrected chi connectivity index (χ0v) is 11.2. The van der Waals surface area contributed by atoms with Crippen molar-refractivity contribution in [3.05, 3.63) is 0 Å². The Kier molecular flexibility index (Phi) is 4.80. The van der Waals surface area contributed by atoms with Crippen LogP contribution in [0, 0.1) is 5.41 Å². The first-order valence-corrected chi connectivity index (χ1v) is 8.31. The highest BCUT2D eigenvalue weighted by atomic mass is 32.2. The quantitative estimate of drug-likeness (QED) is 0.783. The molecule has 0 heterocycles. The zero-order chi connectivity index (χ0) is 12.2. The van der Waals surface area contributed by atoms with Crippen LogP contribution in [0.1, 0.15) is 51.9 Å². The fraction of sp³-hybridized carbons (Fsp3) is 1.00. The lowest BCUT2D eigenvalue weighted by atomic mass is 9.76. The van der Waals surface area contributed by atoms with Crippen LogP contribution in [0.15, 0.2) is 0 Å². The van der Waals surface area contributed by atoms with E-state index in [0.29, 0.717) is 12.8 Å². The number of rotatable bonds is 6. The van der Waals surface area contributed by atoms with E-state index in [1.165, 1.54) is 19.1 Å². The SMILES string of the molecule is CCC1(C(O)CCCS(C)(=O)=O)CCCC1. The minimum atomic E-state index is -2.88. The molecule has 3 nitrogen and oxygen atoms in total. The van der Waals surface area contributed by atoms with Crippen LogP contribution in [0.3, 0.4) is 0 Å². The van der Waals surface area contributed by atoms with Crippen LogP contribution < -0.4 is 0 Å². The van der Waals surface area contributed by atoms with E-state index >= 15 is 0 Å². The molecule has 16 heavy (non-hydrogen) atoms. The summed E-state index contributed by atoms with van der Waals surface area (Å²) in [5.41, 5.74) is 0.0809. The molecule has 0 bridgehead atoms. The molecule has 1 saturated carbocycles. The Morgan fingerprint density at radius 2 is 1.88 bits per heavy atom. The number of aliphatic hydroxyl groups is 1. The number of hydrogen-bond acceptors (Lipinski definition) is 3. The molecular weight excluding hydrogens is 224 g/mol. The zero-order valence-electron chi connectivity index (χ0n) is 10.4. The maximum Gasteiger partial charge on any atom is 0.147 e. The van der Waals surface area contributed by atoms with Gasteiger partial charge in [0.2, 0.25) is 0 Å². The van der Waals surface area contributed by atoms with Crippen LogP contribution in [0.4, 0.5) is 0 Å². The summed E-state index contributed by atoms with van der Waals surface area (Å²) < 4.78 is 22.0. The minimum Gasteiger partial charge on any atom is -0.393 e. The summed E-state index contributed by atoms with van der Waals surface area (Å²) in [4.78, 5) is 0. The minimum absolute atomic E-state index is 0.0809. The largest absolute Gasteiger partial charge is 0.393 e. The van der Waals surface area contributed by atoms with Crippen LogP contribution in [0.5, 0.6) is 0 Å². The average Bonchev–Trinajstić information content (AvgIpc) is 2.65. The summed E-state index contributed by atoms with van der Waals surface area (Å²) in [6, 6.07) is 0. The molecule has 0 amide bonds. The topological polar surface area (TPSA) is 54.4 Å². The molecule has 0 radical (unpaired) electrons. The molecule has 1 fully saturated rings. The van der Waals surface area contributed by atoms with Crippen molar-refractivity contribution in [2.24, 2.45) is 5.41 Å². The molecule has 1 atom stereocenters. The first-order valence-electron chi connectivity index (χ1n) is 6.25. The van der Waals surface area contributed by atoms with Gasteiger partial charge in [0, 0.05) is 12.0 Å². The highest BCUT2D eigenvalue weighted by Crippen LogP contribution is 2.45. The molecule has 0 aromatic heterocycles. The van der Waals surface area contributed by atoms with Crippen LogP contribution in [0.25, 0.3) is 0 Å². The van der Waals surface area contributed by atoms with Crippen molar-refractivity contribution in [1.82, 2.24) is 0 Å². The van der Waals surface area contributed by atoms with Crippen LogP contribution in [0.2, 0.25) is 0 Å². The molecule has 0 spiro atoms. The first-order chi connectivity index (χ1) is 7.40. The molecule has 4 heteroatoms. The molecule has 1 aliphatic carbocycles. The third-order valence-corrected chi connectivity index (χ3v) is 5.03. The highest BCUT2D eigenvalue weighted by Gasteiger charge is 2.38. The standard InChI is InChI=1S/C12H24O3S/c1-3-12(8-4-5-9-12)11(13)7-6-10-16(2,14)15/h11,13H,3-10H2,1-2H3. The van der Waals surface area contributed by atoms with E-state index in [4.69, 9.17) is 0 Å². The summed E-state index contributed by atoms with van der Waals surface area (Å²) in [7, 11) is -2.88. The molecule has 96 valence electrons. The molecule has 0 aliphatic heterocycles. The van der Waals surface area contributed by atoms with E-state index in [-0.39, 0.29) is 17.3 Å². The number of hydrogen-bond donors (Lipinski definition) is 1. The fourth-order valence-corrected chi connectivity index (χ4v) is 3.54. The molecule has 0 saturated heterocycles. The Bertz CT molecular complexity index is 302. The molecule has 1 unspecified atom stereocenters. The second-order valence-electron chi connectivity index (χ2n) is 5.21. The Morgan fingerprint density at radius 3 is 2.31 bits per heavy atom. The summed E-state index contributed by atoms with van der Waals surface area (Å²) >= 11 is 0. The molecule has 0 aromatic rings. The molecule has 1 aliphatic rings. The normalized spacial score (nSPS) is 22.2. The van der Waals surface area contributed by atoms with E-state index in [2.05, 4.69) is 6.92 Å². The van der Waals surface area contributed by atoms with Gasteiger partial charge in [0.1, 0.15) is 9.84 Å². The predicted molar refractivity (Wildman–Crippen MR) is 66.1 cm³/mol. The first kappa shape index (κ1) is 14.0. The van der Waals surface area contributed by atoms with Gasteiger partial charge >= 0.3 is 0 Å². The molecular formula is C12H24O3S. The van der Waals surface area contributed by atoms with E-state index in [9.17, 15) is 13.5 Å².